The number of rotatable bonds is 4. The summed E-state index contributed by atoms with van der Waals surface area (Å²) in [5.74, 6) is 0. The van der Waals surface area contributed by atoms with Gasteiger partial charge in [-0.1, -0.05) is 19.4 Å². The maximum atomic E-state index is 11.8. The van der Waals surface area contributed by atoms with Crippen molar-refractivity contribution in [2.45, 2.75) is 31.1 Å². The highest BCUT2D eigenvalue weighted by molar-refractivity contribution is 7.86. The molecule has 2 rings (SSSR count). The molecule has 1 aromatic heterocycles. The highest BCUT2D eigenvalue weighted by Gasteiger charge is 2.19. The summed E-state index contributed by atoms with van der Waals surface area (Å²) < 4.78 is 31.8. The summed E-state index contributed by atoms with van der Waals surface area (Å²) >= 11 is 0. The van der Waals surface area contributed by atoms with E-state index in [1.54, 1.807) is 0 Å². The van der Waals surface area contributed by atoms with Crippen LogP contribution in [0.25, 0.3) is 10.9 Å². The van der Waals surface area contributed by atoms with Gasteiger partial charge in [-0.3, -0.25) is 14.3 Å². The molecule has 20 heavy (non-hydrogen) atoms. The highest BCUT2D eigenvalue weighted by Crippen LogP contribution is 2.22. The Bertz CT molecular complexity index is 864. The Morgan fingerprint density at radius 1 is 1.20 bits per heavy atom. The van der Waals surface area contributed by atoms with Crippen LogP contribution in [-0.2, 0) is 16.5 Å². The number of benzene rings is 1. The molecule has 3 N–H and O–H groups in total. The van der Waals surface area contributed by atoms with Crippen molar-refractivity contribution in [1.29, 1.82) is 0 Å². The van der Waals surface area contributed by atoms with Crippen LogP contribution < -0.4 is 11.2 Å². The number of aromatic amines is 2. The van der Waals surface area contributed by atoms with Crippen molar-refractivity contribution in [2.24, 2.45) is 0 Å². The van der Waals surface area contributed by atoms with E-state index in [-0.39, 0.29) is 10.9 Å². The van der Waals surface area contributed by atoms with Crippen LogP contribution in [0.4, 0.5) is 0 Å². The molecule has 0 saturated heterocycles. The number of H-pyrrole nitrogens is 2. The maximum absolute atomic E-state index is 11.8. The molecule has 7 nitrogen and oxygen atoms in total. The lowest BCUT2D eigenvalue weighted by Crippen LogP contribution is -2.24. The Balaban J connectivity index is 2.90. The van der Waals surface area contributed by atoms with E-state index in [1.807, 2.05) is 11.9 Å². The molecule has 0 aliphatic rings. The van der Waals surface area contributed by atoms with E-state index in [0.717, 1.165) is 12.8 Å². The number of aromatic nitrogens is 2. The molecule has 0 aliphatic heterocycles. The third kappa shape index (κ3) is 2.66. The molecule has 0 saturated carbocycles. The molecular weight excluding hydrogens is 284 g/mol. The van der Waals surface area contributed by atoms with Crippen LogP contribution in [0.2, 0.25) is 0 Å². The zero-order valence-corrected chi connectivity index (χ0v) is 11.6. The zero-order chi connectivity index (χ0) is 14.9. The number of fused-ring (bicyclic) bond motifs is 1. The van der Waals surface area contributed by atoms with E-state index < -0.39 is 26.3 Å². The van der Waals surface area contributed by atoms with E-state index in [1.165, 1.54) is 12.1 Å². The van der Waals surface area contributed by atoms with Gasteiger partial charge in [0.2, 0.25) is 0 Å². The van der Waals surface area contributed by atoms with Gasteiger partial charge < -0.3 is 4.98 Å². The summed E-state index contributed by atoms with van der Waals surface area (Å²) in [6.45, 7) is 1.99. The van der Waals surface area contributed by atoms with Crippen molar-refractivity contribution < 1.29 is 13.0 Å². The van der Waals surface area contributed by atoms with Gasteiger partial charge >= 0.3 is 5.69 Å². The molecule has 0 aliphatic carbocycles. The van der Waals surface area contributed by atoms with Crippen LogP contribution in [0.3, 0.4) is 0 Å². The normalized spacial score (nSPS) is 11.9. The molecule has 0 amide bonds. The van der Waals surface area contributed by atoms with Crippen LogP contribution in [0.15, 0.2) is 26.6 Å². The van der Waals surface area contributed by atoms with Gasteiger partial charge in [-0.05, 0) is 24.5 Å². The van der Waals surface area contributed by atoms with Gasteiger partial charge in [0.05, 0.1) is 10.9 Å². The fourth-order valence-corrected chi connectivity index (χ4v) is 2.79. The van der Waals surface area contributed by atoms with E-state index >= 15 is 0 Å². The monoisotopic (exact) mass is 298 g/mol. The van der Waals surface area contributed by atoms with E-state index in [2.05, 4.69) is 4.98 Å². The van der Waals surface area contributed by atoms with Gasteiger partial charge in [-0.25, -0.2) is 4.79 Å². The van der Waals surface area contributed by atoms with Crippen LogP contribution >= 0.6 is 0 Å². The second-order valence-corrected chi connectivity index (χ2v) is 5.85. The average Bonchev–Trinajstić information content (AvgIpc) is 2.34. The standard InChI is InChI=1S/C12H14N2O5S/c1-2-3-4-7-5-6-8(20(17,18)19)9-10(7)13-12(16)14-11(9)15/h5-6H,2-4H2,1H3,(H,17,18,19)(H2,13,14,15,16). The van der Waals surface area contributed by atoms with Gasteiger partial charge in [-0.15, -0.1) is 0 Å². The first-order valence-corrected chi connectivity index (χ1v) is 7.54. The summed E-state index contributed by atoms with van der Waals surface area (Å²) in [5.41, 5.74) is -0.734. The van der Waals surface area contributed by atoms with Crippen LogP contribution in [0.5, 0.6) is 0 Å². The SMILES string of the molecule is CCCCc1ccc(S(=O)(=O)O)c2c(=O)[nH]c(=O)[nH]c12. The summed E-state index contributed by atoms with van der Waals surface area (Å²) in [4.78, 5) is 27.1. The number of unbranched alkanes of at least 4 members (excludes halogenated alkanes) is 1. The van der Waals surface area contributed by atoms with Gasteiger partial charge in [0.1, 0.15) is 4.90 Å². The highest BCUT2D eigenvalue weighted by atomic mass is 32.2. The molecule has 2 aromatic rings. The lowest BCUT2D eigenvalue weighted by atomic mass is 10.1. The van der Waals surface area contributed by atoms with E-state index in [4.69, 9.17) is 0 Å². The van der Waals surface area contributed by atoms with E-state index in [0.29, 0.717) is 12.0 Å². The zero-order valence-electron chi connectivity index (χ0n) is 10.8. The number of nitrogens with one attached hydrogen (secondary N) is 2. The number of hydrogen-bond acceptors (Lipinski definition) is 4. The Labute approximate surface area is 114 Å². The topological polar surface area (TPSA) is 120 Å². The Morgan fingerprint density at radius 2 is 1.90 bits per heavy atom. The van der Waals surface area contributed by atoms with Crippen molar-refractivity contribution in [3.63, 3.8) is 0 Å². The van der Waals surface area contributed by atoms with Crippen molar-refractivity contribution in [1.82, 2.24) is 9.97 Å². The van der Waals surface area contributed by atoms with Crippen molar-refractivity contribution in [2.75, 3.05) is 0 Å². The minimum Gasteiger partial charge on any atom is -0.307 e. The second-order valence-electron chi connectivity index (χ2n) is 4.46. The number of hydrogen-bond donors (Lipinski definition) is 3. The molecule has 0 atom stereocenters. The predicted molar refractivity (Wildman–Crippen MR) is 73.6 cm³/mol. The Morgan fingerprint density at radius 3 is 2.50 bits per heavy atom. The summed E-state index contributed by atoms with van der Waals surface area (Å²) in [5, 5.41) is -0.222. The first kappa shape index (κ1) is 14.5. The average molecular weight is 298 g/mol. The van der Waals surface area contributed by atoms with Crippen molar-refractivity contribution in [3.8, 4) is 0 Å². The molecule has 1 heterocycles. The summed E-state index contributed by atoms with van der Waals surface area (Å²) in [6.07, 6.45) is 2.34. The third-order valence-corrected chi connectivity index (χ3v) is 3.92. The smallest absolute Gasteiger partial charge is 0.307 e. The molecule has 0 unspecified atom stereocenters. The van der Waals surface area contributed by atoms with Crippen LogP contribution in [0.1, 0.15) is 25.3 Å². The fourth-order valence-electron chi connectivity index (χ4n) is 2.10. The largest absolute Gasteiger partial charge is 0.326 e. The lowest BCUT2D eigenvalue weighted by molar-refractivity contribution is 0.484. The van der Waals surface area contributed by atoms with E-state index in [9.17, 15) is 22.6 Å². The minimum absolute atomic E-state index is 0.155. The predicted octanol–water partition coefficient (Wildman–Crippen LogP) is 0.806. The molecule has 108 valence electrons. The van der Waals surface area contributed by atoms with Crippen LogP contribution in [0, 0.1) is 0 Å². The third-order valence-electron chi connectivity index (χ3n) is 3.02. The van der Waals surface area contributed by atoms with Crippen LogP contribution in [-0.4, -0.2) is 22.9 Å². The Kier molecular flexibility index (Phi) is 3.78. The first-order chi connectivity index (χ1) is 9.34. The molecule has 1 aromatic carbocycles. The molecule has 0 fully saturated rings. The van der Waals surface area contributed by atoms with Gasteiger partial charge in [0.25, 0.3) is 15.7 Å². The molecule has 0 radical (unpaired) electrons. The first-order valence-electron chi connectivity index (χ1n) is 6.10. The molecule has 0 spiro atoms. The molecule has 8 heteroatoms. The van der Waals surface area contributed by atoms with Gasteiger partial charge in [-0.2, -0.15) is 8.42 Å². The van der Waals surface area contributed by atoms with Gasteiger partial charge in [0.15, 0.2) is 0 Å². The van der Waals surface area contributed by atoms with Crippen molar-refractivity contribution in [3.05, 3.63) is 38.5 Å². The minimum atomic E-state index is -4.54. The molecule has 0 bridgehead atoms. The summed E-state index contributed by atoms with van der Waals surface area (Å²) in [7, 11) is -4.54. The second kappa shape index (κ2) is 5.22. The van der Waals surface area contributed by atoms with Crippen molar-refractivity contribution >= 4 is 21.0 Å². The molecular formula is C12H14N2O5S. The summed E-state index contributed by atoms with van der Waals surface area (Å²) in [6, 6.07) is 2.67. The lowest BCUT2D eigenvalue weighted by Gasteiger charge is -2.08. The van der Waals surface area contributed by atoms with Gasteiger partial charge in [0, 0.05) is 0 Å². The quantitative estimate of drug-likeness (QED) is 0.721. The number of aryl methyl sites for hydroxylation is 1. The Hall–Kier alpha value is -1.93. The maximum Gasteiger partial charge on any atom is 0.326 e. The fraction of sp³-hybridized carbons (Fsp3) is 0.333.